The Morgan fingerprint density at radius 1 is 0.338 bits per heavy atom. The first kappa shape index (κ1) is 70.3. The fourth-order valence-corrected chi connectivity index (χ4v) is 5.82. The van der Waals surface area contributed by atoms with E-state index in [-0.39, 0.29) is 56.0 Å². The first-order valence-electron chi connectivity index (χ1n) is 19.0. The number of amides is 2. The molecule has 0 aromatic rings. The summed E-state index contributed by atoms with van der Waals surface area (Å²) in [5.74, 6) is -77.6. The van der Waals surface area contributed by atoms with E-state index in [1.165, 1.54) is 28.2 Å². The summed E-state index contributed by atoms with van der Waals surface area (Å²) in [7, 11) is 5.75. The van der Waals surface area contributed by atoms with Gasteiger partial charge >= 0.3 is 71.6 Å². The summed E-state index contributed by atoms with van der Waals surface area (Å²) in [6.45, 7) is -3.88. The molecule has 410 valence electrons. The maximum atomic E-state index is 14.0. The van der Waals surface area contributed by atoms with Gasteiger partial charge in [-0.1, -0.05) is 25.7 Å². The van der Waals surface area contributed by atoms with Gasteiger partial charge in [-0.25, -0.2) is 0 Å². The van der Waals surface area contributed by atoms with E-state index in [0.29, 0.717) is 51.4 Å². The summed E-state index contributed by atoms with van der Waals surface area (Å²) in [6.07, 6.45) is -15.7. The van der Waals surface area contributed by atoms with Crippen molar-refractivity contribution in [2.24, 2.45) is 0 Å². The molecule has 2 amide bonds. The van der Waals surface area contributed by atoms with Crippen LogP contribution in [-0.4, -0.2) is 160 Å². The van der Waals surface area contributed by atoms with E-state index in [4.69, 9.17) is 0 Å². The van der Waals surface area contributed by atoms with Gasteiger partial charge in [-0.3, -0.25) is 9.59 Å². The zero-order valence-electron chi connectivity index (χ0n) is 35.6. The average Bonchev–Trinajstić information content (AvgIpc) is 3.10. The van der Waals surface area contributed by atoms with Crippen molar-refractivity contribution < 1.29 is 167 Å². The standard InChI is InChI=1S/C34H44F26N4O2.2BrH/c1-63(2,19-21(65)61-15-13-23(35,36)25(39,40)27(43,44)29(47,48)31(51,52)33(55,56)57)17-11-9-7-5-6-8-10-12-18-64(3,4)20-22(66)62-16-14-24(37,38)26(41,42)28(45,46)30(49,50)32(53,54)34(58,59)60;;/h5-20H2,1-4H3;2*1H. The van der Waals surface area contributed by atoms with E-state index < -0.39 is 122 Å². The topological polar surface area (TPSA) is 58.2 Å². The summed E-state index contributed by atoms with van der Waals surface area (Å²) < 4.78 is 344. The second kappa shape index (κ2) is 23.7. The SMILES string of the molecule is C[N+](C)(CCCCCCCCCC[N+](C)(C)CC(=O)NCCC(F)(F)C(F)(F)C(F)(F)C(F)(F)C(F)(F)C(F)(F)F)CC(=O)NCCC(F)(F)C(F)(F)C(F)(F)C(F)(F)C(F)(F)C(F)(F)F.[Br-].[Br-]. The molecule has 0 saturated heterocycles. The highest BCUT2D eigenvalue weighted by Gasteiger charge is 2.92. The number of quaternary nitrogens is 2. The van der Waals surface area contributed by atoms with Crippen molar-refractivity contribution in [3.63, 3.8) is 0 Å². The van der Waals surface area contributed by atoms with Crippen molar-refractivity contribution in [3.8, 4) is 0 Å². The lowest BCUT2D eigenvalue weighted by atomic mass is 9.92. The van der Waals surface area contributed by atoms with Crippen LogP contribution in [0.1, 0.15) is 64.2 Å². The van der Waals surface area contributed by atoms with E-state index in [0.717, 1.165) is 0 Å². The molecule has 0 radical (unpaired) electrons. The minimum Gasteiger partial charge on any atom is -1.00 e. The lowest BCUT2D eigenvalue weighted by molar-refractivity contribution is -0.882. The predicted molar refractivity (Wildman–Crippen MR) is 177 cm³/mol. The van der Waals surface area contributed by atoms with Crippen LogP contribution in [-0.2, 0) is 9.59 Å². The Labute approximate surface area is 391 Å². The number of carbonyl (C=O) groups is 2. The zero-order chi connectivity index (χ0) is 52.9. The monoisotopic (exact) mass is 1190 g/mol. The molecule has 0 saturated carbocycles. The third-order valence-electron chi connectivity index (χ3n) is 9.94. The smallest absolute Gasteiger partial charge is 0.460 e. The van der Waals surface area contributed by atoms with Crippen molar-refractivity contribution in [3.05, 3.63) is 0 Å². The highest BCUT2D eigenvalue weighted by Crippen LogP contribution is 2.62. The number of alkyl halides is 26. The van der Waals surface area contributed by atoms with Gasteiger partial charge in [-0.15, -0.1) is 0 Å². The normalized spacial score (nSPS) is 14.9. The molecule has 0 aliphatic carbocycles. The lowest BCUT2D eigenvalue weighted by Gasteiger charge is -2.39. The van der Waals surface area contributed by atoms with Gasteiger partial charge in [0.15, 0.2) is 13.1 Å². The molecule has 6 nitrogen and oxygen atoms in total. The van der Waals surface area contributed by atoms with Gasteiger partial charge in [0.2, 0.25) is 0 Å². The number of nitrogens with one attached hydrogen (secondary N) is 2. The van der Waals surface area contributed by atoms with Gasteiger partial charge in [0.25, 0.3) is 11.8 Å². The Hall–Kier alpha value is -2.00. The van der Waals surface area contributed by atoms with Crippen molar-refractivity contribution in [2.75, 3.05) is 67.5 Å². The maximum absolute atomic E-state index is 14.0. The first-order valence-corrected chi connectivity index (χ1v) is 19.0. The van der Waals surface area contributed by atoms with E-state index >= 15 is 0 Å². The van der Waals surface area contributed by atoms with Crippen molar-refractivity contribution in [1.29, 1.82) is 0 Å². The highest BCUT2D eigenvalue weighted by atomic mass is 79.9. The van der Waals surface area contributed by atoms with Gasteiger partial charge in [-0.05, 0) is 25.7 Å². The zero-order valence-corrected chi connectivity index (χ0v) is 38.8. The summed E-state index contributed by atoms with van der Waals surface area (Å²) in [5.41, 5.74) is 0. The Morgan fingerprint density at radius 3 is 0.765 bits per heavy atom. The van der Waals surface area contributed by atoms with Gasteiger partial charge < -0.3 is 53.6 Å². The third kappa shape index (κ3) is 15.7. The van der Waals surface area contributed by atoms with E-state index in [1.807, 2.05) is 0 Å². The quantitative estimate of drug-likeness (QED) is 0.0646. The maximum Gasteiger partial charge on any atom is 0.460 e. The molecule has 0 aromatic carbocycles. The highest BCUT2D eigenvalue weighted by molar-refractivity contribution is 5.77. The van der Waals surface area contributed by atoms with Crippen LogP contribution in [0.25, 0.3) is 0 Å². The molecular formula is C34H46Br2F26N4O2. The van der Waals surface area contributed by atoms with Crippen LogP contribution in [0.15, 0.2) is 0 Å². The largest absolute Gasteiger partial charge is 1.00 e. The molecule has 0 fully saturated rings. The van der Waals surface area contributed by atoms with E-state index in [1.54, 1.807) is 10.6 Å². The molecule has 0 bridgehead atoms. The van der Waals surface area contributed by atoms with Crippen molar-refractivity contribution in [1.82, 2.24) is 10.6 Å². The number of hydrogen-bond acceptors (Lipinski definition) is 2. The predicted octanol–water partition coefficient (Wildman–Crippen LogP) is 4.76. The number of nitrogens with zero attached hydrogens (tertiary/aromatic N) is 2. The van der Waals surface area contributed by atoms with Crippen LogP contribution in [0.5, 0.6) is 0 Å². The molecule has 0 rings (SSSR count). The Balaban J connectivity index is -0.0000211. The lowest BCUT2D eigenvalue weighted by Crippen LogP contribution is -3.00. The van der Waals surface area contributed by atoms with Gasteiger partial charge in [0.05, 0.1) is 41.3 Å². The van der Waals surface area contributed by atoms with Crippen LogP contribution < -0.4 is 44.6 Å². The average molecular weight is 1200 g/mol. The Kier molecular flexibility index (Phi) is 24.5. The molecule has 0 atom stereocenters. The summed E-state index contributed by atoms with van der Waals surface area (Å²) >= 11 is 0. The number of hydrogen-bond donors (Lipinski definition) is 2. The first-order chi connectivity index (χ1) is 28.9. The number of unbranched alkanes of at least 4 members (excludes halogenated alkanes) is 7. The third-order valence-corrected chi connectivity index (χ3v) is 9.94. The fourth-order valence-electron chi connectivity index (χ4n) is 5.82. The molecule has 0 unspecified atom stereocenters. The summed E-state index contributed by atoms with van der Waals surface area (Å²) in [5, 5.41) is 3.23. The van der Waals surface area contributed by atoms with Crippen LogP contribution in [0.4, 0.5) is 114 Å². The van der Waals surface area contributed by atoms with Crippen molar-refractivity contribution in [2.45, 2.75) is 136 Å². The fraction of sp³-hybridized carbons (Fsp3) is 0.941. The number of likely N-dealkylation sites (N-methyl/N-ethyl adjacent to an activating group) is 2. The van der Waals surface area contributed by atoms with Crippen LogP contribution >= 0.6 is 0 Å². The van der Waals surface area contributed by atoms with E-state index in [2.05, 4.69) is 0 Å². The number of rotatable bonds is 29. The molecule has 0 aromatic heterocycles. The molecule has 0 aliphatic rings. The summed E-state index contributed by atoms with van der Waals surface area (Å²) in [6, 6.07) is 0. The second-order valence-corrected chi connectivity index (χ2v) is 16.7. The molecule has 34 heteroatoms. The second-order valence-electron chi connectivity index (χ2n) is 16.7. The van der Waals surface area contributed by atoms with Gasteiger partial charge in [-0.2, -0.15) is 114 Å². The van der Waals surface area contributed by atoms with Crippen LogP contribution in [0, 0.1) is 0 Å². The Morgan fingerprint density at radius 2 is 0.544 bits per heavy atom. The molecule has 2 N–H and O–H groups in total. The van der Waals surface area contributed by atoms with Gasteiger partial charge in [0.1, 0.15) is 0 Å². The molecule has 0 aliphatic heterocycles. The summed E-state index contributed by atoms with van der Waals surface area (Å²) in [4.78, 5) is 24.3. The minimum absolute atomic E-state index is 0. The Bertz CT molecular complexity index is 1480. The van der Waals surface area contributed by atoms with Gasteiger partial charge in [0, 0.05) is 25.9 Å². The van der Waals surface area contributed by atoms with Crippen molar-refractivity contribution >= 4 is 11.8 Å². The molecule has 0 heterocycles. The molecule has 68 heavy (non-hydrogen) atoms. The minimum atomic E-state index is -8.04. The molecule has 0 spiro atoms. The van der Waals surface area contributed by atoms with E-state index in [9.17, 15) is 124 Å². The van der Waals surface area contributed by atoms with Crippen LogP contribution in [0.3, 0.4) is 0 Å². The number of halogens is 28. The molecular weight excluding hydrogens is 1150 g/mol. The number of carbonyl (C=O) groups excluding carboxylic acids is 2. The van der Waals surface area contributed by atoms with Crippen LogP contribution in [0.2, 0.25) is 0 Å².